The SMILES string of the molecule is COc1ccc(NC(=O)c2ccc(NC(=O)c3ccc4c(c3)C(=O)N(C)C4=O)cc2)cc1. The molecule has 0 saturated heterocycles. The number of imide groups is 1. The van der Waals surface area contributed by atoms with Gasteiger partial charge in [0.2, 0.25) is 0 Å². The van der Waals surface area contributed by atoms with Crippen LogP contribution in [0, 0.1) is 0 Å². The molecule has 32 heavy (non-hydrogen) atoms. The summed E-state index contributed by atoms with van der Waals surface area (Å²) in [5.74, 6) is -0.862. The highest BCUT2D eigenvalue weighted by Gasteiger charge is 2.33. The van der Waals surface area contributed by atoms with Crippen LogP contribution in [0.1, 0.15) is 41.4 Å². The number of nitrogens with one attached hydrogen (secondary N) is 2. The third kappa shape index (κ3) is 3.93. The summed E-state index contributed by atoms with van der Waals surface area (Å²) in [7, 11) is 2.97. The second kappa shape index (κ2) is 8.35. The van der Waals surface area contributed by atoms with Crippen LogP contribution in [-0.4, -0.2) is 42.7 Å². The Balaban J connectivity index is 1.42. The second-order valence-corrected chi connectivity index (χ2v) is 7.14. The summed E-state index contributed by atoms with van der Waals surface area (Å²) in [5, 5.41) is 5.51. The molecule has 3 aromatic rings. The normalized spacial score (nSPS) is 12.4. The topological polar surface area (TPSA) is 105 Å². The van der Waals surface area contributed by atoms with Crippen LogP contribution in [-0.2, 0) is 0 Å². The predicted octanol–water partition coefficient (Wildman–Crippen LogP) is 3.43. The maximum Gasteiger partial charge on any atom is 0.261 e. The number of benzene rings is 3. The highest BCUT2D eigenvalue weighted by molar-refractivity contribution is 6.22. The predicted molar refractivity (Wildman–Crippen MR) is 118 cm³/mol. The van der Waals surface area contributed by atoms with Crippen LogP contribution in [0.3, 0.4) is 0 Å². The lowest BCUT2D eigenvalue weighted by Gasteiger charge is -2.09. The molecule has 8 heteroatoms. The van der Waals surface area contributed by atoms with Gasteiger partial charge in [0, 0.05) is 29.5 Å². The van der Waals surface area contributed by atoms with E-state index < -0.39 is 11.8 Å². The molecule has 0 atom stereocenters. The van der Waals surface area contributed by atoms with Crippen LogP contribution in [0.25, 0.3) is 0 Å². The lowest BCUT2D eigenvalue weighted by atomic mass is 10.1. The minimum atomic E-state index is -0.438. The molecule has 0 spiro atoms. The molecule has 3 aromatic carbocycles. The van der Waals surface area contributed by atoms with Crippen molar-refractivity contribution in [1.82, 2.24) is 4.90 Å². The van der Waals surface area contributed by atoms with E-state index in [-0.39, 0.29) is 28.5 Å². The first-order chi connectivity index (χ1) is 15.4. The molecular formula is C24H19N3O5. The fraction of sp³-hybridized carbons (Fsp3) is 0.0833. The van der Waals surface area contributed by atoms with Crippen LogP contribution in [0.15, 0.2) is 66.7 Å². The first kappa shape index (κ1) is 20.8. The van der Waals surface area contributed by atoms with Crippen molar-refractivity contribution < 1.29 is 23.9 Å². The zero-order valence-electron chi connectivity index (χ0n) is 17.3. The molecule has 1 aliphatic rings. The van der Waals surface area contributed by atoms with E-state index >= 15 is 0 Å². The van der Waals surface area contributed by atoms with E-state index in [0.29, 0.717) is 22.7 Å². The van der Waals surface area contributed by atoms with Gasteiger partial charge in [-0.3, -0.25) is 24.1 Å². The van der Waals surface area contributed by atoms with Crippen LogP contribution in [0.5, 0.6) is 5.75 Å². The molecule has 1 aliphatic heterocycles. The van der Waals surface area contributed by atoms with Gasteiger partial charge < -0.3 is 15.4 Å². The van der Waals surface area contributed by atoms with E-state index in [1.165, 1.54) is 25.2 Å². The maximum atomic E-state index is 12.6. The van der Waals surface area contributed by atoms with Gasteiger partial charge in [0.25, 0.3) is 23.6 Å². The van der Waals surface area contributed by atoms with E-state index in [4.69, 9.17) is 4.74 Å². The Labute approximate surface area is 183 Å². The van der Waals surface area contributed by atoms with E-state index in [9.17, 15) is 19.2 Å². The highest BCUT2D eigenvalue weighted by Crippen LogP contribution is 2.23. The molecule has 0 unspecified atom stereocenters. The molecule has 0 radical (unpaired) electrons. The van der Waals surface area contributed by atoms with E-state index in [0.717, 1.165) is 4.90 Å². The number of nitrogens with zero attached hydrogens (tertiary/aromatic N) is 1. The average molecular weight is 429 g/mol. The fourth-order valence-corrected chi connectivity index (χ4v) is 3.29. The van der Waals surface area contributed by atoms with Crippen molar-refractivity contribution >= 4 is 35.0 Å². The number of ether oxygens (including phenoxy) is 1. The average Bonchev–Trinajstić information content (AvgIpc) is 3.03. The Morgan fingerprint density at radius 3 is 1.81 bits per heavy atom. The zero-order valence-corrected chi connectivity index (χ0v) is 17.3. The number of amides is 4. The second-order valence-electron chi connectivity index (χ2n) is 7.14. The minimum absolute atomic E-state index is 0.204. The third-order valence-electron chi connectivity index (χ3n) is 5.10. The van der Waals surface area contributed by atoms with E-state index in [2.05, 4.69) is 10.6 Å². The number of anilines is 2. The van der Waals surface area contributed by atoms with Gasteiger partial charge in [-0.05, 0) is 66.7 Å². The minimum Gasteiger partial charge on any atom is -0.497 e. The Morgan fingerprint density at radius 1 is 0.719 bits per heavy atom. The van der Waals surface area contributed by atoms with Crippen molar-refractivity contribution in [3.05, 3.63) is 89.0 Å². The summed E-state index contributed by atoms with van der Waals surface area (Å²) in [6, 6.07) is 17.7. The van der Waals surface area contributed by atoms with Crippen LogP contribution in [0.4, 0.5) is 11.4 Å². The molecule has 8 nitrogen and oxygen atoms in total. The Kier molecular flexibility index (Phi) is 5.43. The lowest BCUT2D eigenvalue weighted by molar-refractivity contribution is 0.0692. The molecule has 0 fully saturated rings. The van der Waals surface area contributed by atoms with Gasteiger partial charge in [0.05, 0.1) is 18.2 Å². The van der Waals surface area contributed by atoms with Crippen molar-refractivity contribution in [2.45, 2.75) is 0 Å². The molecule has 1 heterocycles. The first-order valence-corrected chi connectivity index (χ1v) is 9.70. The van der Waals surface area contributed by atoms with Crippen molar-refractivity contribution in [1.29, 1.82) is 0 Å². The Bertz CT molecular complexity index is 1230. The van der Waals surface area contributed by atoms with Crippen molar-refractivity contribution in [3.8, 4) is 5.75 Å². The molecule has 4 rings (SSSR count). The van der Waals surface area contributed by atoms with Crippen LogP contribution < -0.4 is 15.4 Å². The monoisotopic (exact) mass is 429 g/mol. The molecule has 2 N–H and O–H groups in total. The number of fused-ring (bicyclic) bond motifs is 1. The van der Waals surface area contributed by atoms with Crippen LogP contribution >= 0.6 is 0 Å². The first-order valence-electron chi connectivity index (χ1n) is 9.70. The van der Waals surface area contributed by atoms with E-state index in [1.54, 1.807) is 55.6 Å². The molecule has 4 amide bonds. The molecule has 0 bridgehead atoms. The van der Waals surface area contributed by atoms with Gasteiger partial charge in [-0.15, -0.1) is 0 Å². The highest BCUT2D eigenvalue weighted by atomic mass is 16.5. The van der Waals surface area contributed by atoms with Crippen molar-refractivity contribution in [2.75, 3.05) is 24.8 Å². The summed E-state index contributed by atoms with van der Waals surface area (Å²) < 4.78 is 5.09. The quantitative estimate of drug-likeness (QED) is 0.605. The number of rotatable bonds is 5. The summed E-state index contributed by atoms with van der Waals surface area (Å²) in [6.45, 7) is 0. The third-order valence-corrected chi connectivity index (χ3v) is 5.10. The van der Waals surface area contributed by atoms with E-state index in [1.807, 2.05) is 0 Å². The standard InChI is InChI=1S/C24H19N3O5/c1-27-23(30)19-12-5-15(13-20(19)24(27)31)22(29)26-16-6-3-14(4-7-16)21(28)25-17-8-10-18(32-2)11-9-17/h3-13H,1-2H3,(H,25,28)(H,26,29). The smallest absolute Gasteiger partial charge is 0.261 e. The van der Waals surface area contributed by atoms with Gasteiger partial charge in [0.1, 0.15) is 5.75 Å². The largest absolute Gasteiger partial charge is 0.497 e. The maximum absolute atomic E-state index is 12.6. The van der Waals surface area contributed by atoms with Gasteiger partial charge in [-0.25, -0.2) is 0 Å². The fourth-order valence-electron chi connectivity index (χ4n) is 3.29. The Hall–Kier alpha value is -4.46. The molecule has 160 valence electrons. The van der Waals surface area contributed by atoms with Crippen molar-refractivity contribution in [3.63, 3.8) is 0 Å². The number of carbonyl (C=O) groups is 4. The Morgan fingerprint density at radius 2 is 1.22 bits per heavy atom. The van der Waals surface area contributed by atoms with Crippen LogP contribution in [0.2, 0.25) is 0 Å². The number of carbonyl (C=O) groups excluding carboxylic acids is 4. The summed E-state index contributed by atoms with van der Waals surface area (Å²) in [6.07, 6.45) is 0. The van der Waals surface area contributed by atoms with Gasteiger partial charge in [0.15, 0.2) is 0 Å². The van der Waals surface area contributed by atoms with Gasteiger partial charge in [-0.1, -0.05) is 0 Å². The van der Waals surface area contributed by atoms with Gasteiger partial charge in [-0.2, -0.15) is 0 Å². The number of hydrogen-bond donors (Lipinski definition) is 2. The molecule has 0 aliphatic carbocycles. The number of hydrogen-bond acceptors (Lipinski definition) is 5. The molecule has 0 saturated carbocycles. The summed E-state index contributed by atoms with van der Waals surface area (Å²) in [4.78, 5) is 50.1. The zero-order chi connectivity index (χ0) is 22.8. The summed E-state index contributed by atoms with van der Waals surface area (Å²) in [5.41, 5.74) is 2.27. The molecule has 0 aromatic heterocycles. The lowest BCUT2D eigenvalue weighted by Crippen LogP contribution is -2.24. The van der Waals surface area contributed by atoms with Gasteiger partial charge >= 0.3 is 0 Å². The molecular weight excluding hydrogens is 410 g/mol. The number of methoxy groups -OCH3 is 1. The van der Waals surface area contributed by atoms with Crippen molar-refractivity contribution in [2.24, 2.45) is 0 Å². The summed E-state index contributed by atoms with van der Waals surface area (Å²) >= 11 is 0.